The van der Waals surface area contributed by atoms with Crippen molar-refractivity contribution < 1.29 is 43.3 Å². The van der Waals surface area contributed by atoms with E-state index in [0.717, 1.165) is 103 Å². The molecule has 4 atom stereocenters. The fraction of sp³-hybridized carbons (Fsp3) is 0.576. The second-order valence-electron chi connectivity index (χ2n) is 21.5. The summed E-state index contributed by atoms with van der Waals surface area (Å²) >= 11 is 0. The molecule has 3 fully saturated rings. The maximum absolute atomic E-state index is 13.4. The molecule has 0 radical (unpaired) electrons. The first kappa shape index (κ1) is 56.8. The van der Waals surface area contributed by atoms with Gasteiger partial charge in [0.2, 0.25) is 17.7 Å². The lowest BCUT2D eigenvalue weighted by molar-refractivity contribution is -0.141. The highest BCUT2D eigenvalue weighted by molar-refractivity contribution is 5.94. The number of rotatable bonds is 25. The number of nitrogens with zero attached hydrogens (tertiary/aromatic N) is 8. The number of β-amino-alcohol motifs (C(OH)–C–C–N with tert-alkyl or cyclic N) is 1. The summed E-state index contributed by atoms with van der Waals surface area (Å²) in [5.41, 5.74) is 6.96. The van der Waals surface area contributed by atoms with E-state index in [1.54, 1.807) is 16.9 Å². The van der Waals surface area contributed by atoms with Gasteiger partial charge in [0.05, 0.1) is 43.7 Å². The van der Waals surface area contributed by atoms with Gasteiger partial charge in [0.25, 0.3) is 5.91 Å². The van der Waals surface area contributed by atoms with Gasteiger partial charge in [-0.25, -0.2) is 9.67 Å². The summed E-state index contributed by atoms with van der Waals surface area (Å²) in [5.74, 6) is 1.38. The number of carbonyl (C=O) groups is 5. The van der Waals surface area contributed by atoms with E-state index in [-0.39, 0.29) is 61.0 Å². The molecule has 77 heavy (non-hydrogen) atoms. The van der Waals surface area contributed by atoms with Crippen LogP contribution in [0.5, 0.6) is 5.75 Å². The van der Waals surface area contributed by atoms with E-state index in [0.29, 0.717) is 103 Å². The Morgan fingerprint density at radius 2 is 1.61 bits per heavy atom. The van der Waals surface area contributed by atoms with Gasteiger partial charge < -0.3 is 44.2 Å². The number of aryl methyl sites for hydroxylation is 4. The van der Waals surface area contributed by atoms with Crippen LogP contribution in [-0.4, -0.2) is 169 Å². The molecule has 2 aromatic carbocycles. The molecule has 0 bridgehead atoms. The number of esters is 1. The maximum atomic E-state index is 13.4. The van der Waals surface area contributed by atoms with Gasteiger partial charge in [-0.05, 0) is 138 Å². The summed E-state index contributed by atoms with van der Waals surface area (Å²) in [7, 11) is 3.05. The van der Waals surface area contributed by atoms with Gasteiger partial charge >= 0.3 is 5.97 Å². The summed E-state index contributed by atoms with van der Waals surface area (Å²) in [6.07, 6.45) is 8.60. The van der Waals surface area contributed by atoms with Crippen LogP contribution in [0.15, 0.2) is 66.7 Å². The van der Waals surface area contributed by atoms with Crippen LogP contribution in [0.25, 0.3) is 5.69 Å². The minimum atomic E-state index is -0.505. The third-order valence-corrected chi connectivity index (χ3v) is 15.7. The number of aromatic nitrogens is 3. The normalized spacial score (nSPS) is 19.1. The summed E-state index contributed by atoms with van der Waals surface area (Å²) in [6.45, 7) is 10.8. The number of anilines is 2. The zero-order valence-electron chi connectivity index (χ0n) is 45.8. The number of hydrogen-bond donors (Lipinski definition) is 2. The smallest absolute Gasteiger partial charge is 0.306 e. The van der Waals surface area contributed by atoms with Crippen molar-refractivity contribution in [3.8, 4) is 11.4 Å². The molecular weight excluding hydrogens is 979 g/mol. The average molecular weight is 1060 g/mol. The summed E-state index contributed by atoms with van der Waals surface area (Å²) in [5, 5.41) is 17.8. The van der Waals surface area contributed by atoms with Gasteiger partial charge in [0.15, 0.2) is 6.61 Å². The van der Waals surface area contributed by atoms with E-state index in [2.05, 4.69) is 51.5 Å². The van der Waals surface area contributed by atoms with Crippen LogP contribution in [0.3, 0.4) is 0 Å². The molecule has 4 aromatic rings. The number of amides is 4. The molecule has 6 heterocycles. The Balaban J connectivity index is 0.819. The second kappa shape index (κ2) is 27.8. The average Bonchev–Trinajstić information content (AvgIpc) is 4.17. The van der Waals surface area contributed by atoms with Gasteiger partial charge in [0.1, 0.15) is 11.6 Å². The molecular formula is C59H81N9O9. The molecule has 18 heteroatoms. The molecule has 2 aromatic heterocycles. The number of aliphatic hydroxyl groups excluding tert-OH is 1. The molecule has 8 rings (SSSR count). The summed E-state index contributed by atoms with van der Waals surface area (Å²) < 4.78 is 18.3. The number of aliphatic hydroxyl groups is 1. The van der Waals surface area contributed by atoms with Crippen LogP contribution >= 0.6 is 0 Å². The van der Waals surface area contributed by atoms with E-state index in [1.807, 2.05) is 53.8 Å². The summed E-state index contributed by atoms with van der Waals surface area (Å²) in [6, 6.07) is 22.2. The number of unbranched alkanes of at least 4 members (excludes halogenated alkanes) is 2. The first-order valence-electron chi connectivity index (χ1n) is 28.0. The number of hydrogen-bond acceptors (Lipinski definition) is 13. The predicted octanol–water partition coefficient (Wildman–Crippen LogP) is 5.95. The lowest BCUT2D eigenvalue weighted by Gasteiger charge is -2.37. The van der Waals surface area contributed by atoms with Crippen LogP contribution < -0.4 is 19.9 Å². The first-order valence-corrected chi connectivity index (χ1v) is 28.0. The minimum Gasteiger partial charge on any atom is -0.484 e. The minimum absolute atomic E-state index is 0.0334. The van der Waals surface area contributed by atoms with E-state index < -0.39 is 6.10 Å². The third-order valence-electron chi connectivity index (χ3n) is 15.7. The van der Waals surface area contributed by atoms with E-state index in [1.165, 1.54) is 7.11 Å². The highest BCUT2D eigenvalue weighted by Crippen LogP contribution is 2.34. The highest BCUT2D eigenvalue weighted by Gasteiger charge is 2.34. The number of pyridine rings is 1. The molecule has 4 aliphatic rings. The molecule has 2 N–H and O–H groups in total. The standard InChI is InChI=1S/C59H81N9O9/c1-42-31-43(2)68(62-42)50-33-46(32-49(35-50)64-27-29-65(30-28-64)55(71)18-11-16-54(70)60-24-10-6-9-17-56(72)67-39-52(69)36-51(67)40-75-3)47(34-58(74)76-4)38-63-26-23-44(37-63)19-21-48-22-20-45-13-12-25-66(59(45)61-48)57(73)41-77-53-14-7-5-8-15-53/h5,7-8,14-15,20,22,31-33,35,44,47,51-52,69H,6,9-13,16-19,21,23-30,34,36-41H2,1-4H3,(H,60,70)/t44-,47+,51+,52-/m1/s1. The Morgan fingerprint density at radius 3 is 2.38 bits per heavy atom. The molecule has 4 amide bonds. The number of ether oxygens (including phenoxy) is 3. The van der Waals surface area contributed by atoms with E-state index in [9.17, 15) is 29.1 Å². The SMILES string of the molecule is COC[C@@H]1C[C@@H](O)CN1C(=O)CCCCCNC(=O)CCCC(=O)N1CCN(c2cc([C@@H](CC(=O)OC)CN3CC[C@@H](CCc4ccc5c(n4)N(C(=O)COc4ccccc4)CCC5)C3)cc(-n3nc(C)cc3C)c2)CC1. The first-order chi connectivity index (χ1) is 37.3. The zero-order valence-corrected chi connectivity index (χ0v) is 45.8. The monoisotopic (exact) mass is 1060 g/mol. The van der Waals surface area contributed by atoms with Crippen LogP contribution in [0, 0.1) is 19.8 Å². The van der Waals surface area contributed by atoms with E-state index >= 15 is 0 Å². The van der Waals surface area contributed by atoms with Crippen molar-refractivity contribution in [1.82, 2.24) is 34.8 Å². The van der Waals surface area contributed by atoms with Gasteiger partial charge in [-0.15, -0.1) is 0 Å². The predicted molar refractivity (Wildman–Crippen MR) is 294 cm³/mol. The molecule has 3 saturated heterocycles. The number of benzene rings is 2. The van der Waals surface area contributed by atoms with Crippen LogP contribution in [-0.2, 0) is 46.3 Å². The second-order valence-corrected chi connectivity index (χ2v) is 21.5. The van der Waals surface area contributed by atoms with Gasteiger partial charge in [0, 0.05) is 108 Å². The number of likely N-dealkylation sites (tertiary alicyclic amines) is 2. The van der Waals surface area contributed by atoms with Gasteiger partial charge in [-0.3, -0.25) is 28.9 Å². The molecule has 416 valence electrons. The Labute approximate surface area is 454 Å². The molecule has 0 spiro atoms. The van der Waals surface area contributed by atoms with Crippen molar-refractivity contribution in [1.29, 1.82) is 0 Å². The Hall–Kier alpha value is -6.37. The van der Waals surface area contributed by atoms with Crippen molar-refractivity contribution in [3.05, 3.63) is 94.9 Å². The van der Waals surface area contributed by atoms with Crippen molar-refractivity contribution in [2.24, 2.45) is 5.92 Å². The third kappa shape index (κ3) is 15.9. The van der Waals surface area contributed by atoms with Crippen molar-refractivity contribution in [2.75, 3.05) is 103 Å². The summed E-state index contributed by atoms with van der Waals surface area (Å²) in [4.78, 5) is 80.6. The zero-order chi connectivity index (χ0) is 54.3. The van der Waals surface area contributed by atoms with Gasteiger partial charge in [-0.1, -0.05) is 30.7 Å². The molecule has 4 aliphatic heterocycles. The van der Waals surface area contributed by atoms with Crippen molar-refractivity contribution >= 4 is 41.1 Å². The number of nitrogens with one attached hydrogen (secondary N) is 1. The van der Waals surface area contributed by atoms with Crippen LogP contribution in [0.1, 0.15) is 111 Å². The fourth-order valence-electron chi connectivity index (χ4n) is 11.6. The number of para-hydroxylation sites is 1. The Kier molecular flexibility index (Phi) is 20.5. The molecule has 0 aliphatic carbocycles. The lowest BCUT2D eigenvalue weighted by Crippen LogP contribution is -2.48. The number of methoxy groups -OCH3 is 2. The maximum Gasteiger partial charge on any atom is 0.306 e. The van der Waals surface area contributed by atoms with Crippen LogP contribution in [0.4, 0.5) is 11.5 Å². The van der Waals surface area contributed by atoms with Gasteiger partial charge in [-0.2, -0.15) is 5.10 Å². The molecule has 0 unspecified atom stereocenters. The molecule has 0 saturated carbocycles. The lowest BCUT2D eigenvalue weighted by atomic mass is 9.93. The fourth-order valence-corrected chi connectivity index (χ4v) is 11.6. The van der Waals surface area contributed by atoms with E-state index in [4.69, 9.17) is 24.3 Å². The molecule has 18 nitrogen and oxygen atoms in total. The Morgan fingerprint density at radius 1 is 0.818 bits per heavy atom. The quantitative estimate of drug-likeness (QED) is 0.0586. The topological polar surface area (TPSA) is 192 Å². The van der Waals surface area contributed by atoms with Crippen molar-refractivity contribution in [2.45, 2.75) is 122 Å². The number of carbonyl (C=O) groups excluding carboxylic acids is 5. The highest BCUT2D eigenvalue weighted by atomic mass is 16.5. The number of piperazine rings is 1. The van der Waals surface area contributed by atoms with Crippen molar-refractivity contribution in [3.63, 3.8) is 0 Å². The largest absolute Gasteiger partial charge is 0.484 e. The number of fused-ring (bicyclic) bond motifs is 1. The Bertz CT molecular complexity index is 2620. The van der Waals surface area contributed by atoms with Crippen LogP contribution in [0.2, 0.25) is 0 Å².